The van der Waals surface area contributed by atoms with Gasteiger partial charge in [-0.25, -0.2) is 0 Å². The number of aliphatic carboxylic acids is 1. The number of amides is 4. The summed E-state index contributed by atoms with van der Waals surface area (Å²) < 4.78 is 0. The summed E-state index contributed by atoms with van der Waals surface area (Å²) in [7, 11) is 0. The fourth-order valence-electron chi connectivity index (χ4n) is 1.31. The van der Waals surface area contributed by atoms with Gasteiger partial charge in [-0.2, -0.15) is 12.6 Å². The number of rotatable bonds is 10. The molecule has 2 unspecified atom stereocenters. The molecular weight excluding hydrogens is 330 g/mol. The van der Waals surface area contributed by atoms with Gasteiger partial charge < -0.3 is 32.5 Å². The third kappa shape index (κ3) is 9.31. The van der Waals surface area contributed by atoms with Crippen molar-refractivity contribution in [2.45, 2.75) is 18.5 Å². The van der Waals surface area contributed by atoms with Crippen LogP contribution in [0.5, 0.6) is 0 Å². The average molecular weight is 349 g/mol. The molecule has 0 heterocycles. The van der Waals surface area contributed by atoms with Crippen molar-refractivity contribution in [1.82, 2.24) is 16.0 Å². The number of carbonyl (C=O) groups excluding carboxylic acids is 4. The predicted octanol–water partition coefficient (Wildman–Crippen LogP) is -4.08. The number of nitrogens with one attached hydrogen (secondary N) is 3. The topological polar surface area (TPSA) is 194 Å². The fourth-order valence-corrected chi connectivity index (χ4v) is 1.57. The Labute approximate surface area is 136 Å². The van der Waals surface area contributed by atoms with Crippen LogP contribution in [0.3, 0.4) is 0 Å². The molecule has 11 nitrogen and oxygen atoms in total. The number of carbonyl (C=O) groups is 5. The van der Waals surface area contributed by atoms with Crippen molar-refractivity contribution in [2.24, 2.45) is 11.5 Å². The van der Waals surface area contributed by atoms with Gasteiger partial charge >= 0.3 is 5.97 Å². The van der Waals surface area contributed by atoms with E-state index in [9.17, 15) is 24.0 Å². The summed E-state index contributed by atoms with van der Waals surface area (Å²) in [5.74, 6) is -4.28. The summed E-state index contributed by atoms with van der Waals surface area (Å²) in [6.45, 7) is -1.05. The summed E-state index contributed by atoms with van der Waals surface area (Å²) in [5, 5.41) is 14.9. The van der Waals surface area contributed by atoms with Crippen LogP contribution in [-0.2, 0) is 24.0 Å². The molecule has 0 aliphatic rings. The molecule has 0 saturated heterocycles. The second-order valence-electron chi connectivity index (χ2n) is 4.41. The summed E-state index contributed by atoms with van der Waals surface area (Å²) in [6.07, 6.45) is -0.385. The summed E-state index contributed by atoms with van der Waals surface area (Å²) in [6, 6.07) is -2.29. The van der Waals surface area contributed by atoms with Crippen molar-refractivity contribution in [3.8, 4) is 0 Å². The van der Waals surface area contributed by atoms with Crippen LogP contribution in [0.4, 0.5) is 0 Å². The first kappa shape index (κ1) is 20.7. The lowest BCUT2D eigenvalue weighted by Crippen LogP contribution is -2.54. The van der Waals surface area contributed by atoms with E-state index < -0.39 is 54.8 Å². The van der Waals surface area contributed by atoms with E-state index in [1.807, 2.05) is 5.32 Å². The maximum atomic E-state index is 11.8. The number of nitrogens with two attached hydrogens (primary N) is 2. The summed E-state index contributed by atoms with van der Waals surface area (Å²) in [4.78, 5) is 55.6. The third-order valence-corrected chi connectivity index (χ3v) is 2.80. The molecule has 23 heavy (non-hydrogen) atoms. The molecule has 0 aliphatic heterocycles. The van der Waals surface area contributed by atoms with Gasteiger partial charge in [0.15, 0.2) is 0 Å². The number of carboxylic acid groups (broad SMARTS) is 1. The zero-order valence-corrected chi connectivity index (χ0v) is 13.0. The first-order chi connectivity index (χ1) is 10.7. The van der Waals surface area contributed by atoms with Crippen LogP contribution in [0, 0.1) is 0 Å². The van der Waals surface area contributed by atoms with E-state index in [1.165, 1.54) is 0 Å². The van der Waals surface area contributed by atoms with E-state index in [-0.39, 0.29) is 12.2 Å². The smallest absolute Gasteiger partial charge is 0.322 e. The van der Waals surface area contributed by atoms with E-state index in [4.69, 9.17) is 16.6 Å². The van der Waals surface area contributed by atoms with Crippen LogP contribution in [-0.4, -0.2) is 65.6 Å². The molecule has 2 atom stereocenters. The highest BCUT2D eigenvalue weighted by Crippen LogP contribution is 1.93. The molecule has 0 aromatic heterocycles. The third-order valence-electron chi connectivity index (χ3n) is 2.43. The Morgan fingerprint density at radius 3 is 2.13 bits per heavy atom. The Balaban J connectivity index is 4.35. The van der Waals surface area contributed by atoms with E-state index in [2.05, 4.69) is 23.3 Å². The lowest BCUT2D eigenvalue weighted by atomic mass is 10.2. The van der Waals surface area contributed by atoms with Crippen LogP contribution in [0.2, 0.25) is 0 Å². The minimum Gasteiger partial charge on any atom is -0.480 e. The molecule has 0 aliphatic carbocycles. The monoisotopic (exact) mass is 349 g/mol. The lowest BCUT2D eigenvalue weighted by molar-refractivity contribution is -0.138. The Bertz CT molecular complexity index is 486. The maximum absolute atomic E-state index is 11.8. The van der Waals surface area contributed by atoms with Gasteiger partial charge in [0.25, 0.3) is 0 Å². The maximum Gasteiger partial charge on any atom is 0.322 e. The van der Waals surface area contributed by atoms with Crippen LogP contribution in [0.1, 0.15) is 6.42 Å². The van der Waals surface area contributed by atoms with Gasteiger partial charge in [0, 0.05) is 5.75 Å². The van der Waals surface area contributed by atoms with Gasteiger partial charge in [0.1, 0.15) is 12.6 Å². The largest absolute Gasteiger partial charge is 0.480 e. The zero-order valence-electron chi connectivity index (χ0n) is 12.1. The first-order valence-electron chi connectivity index (χ1n) is 6.38. The molecular formula is C11H19N5O6S. The number of thiol groups is 1. The molecule has 0 saturated carbocycles. The normalized spacial score (nSPS) is 12.6. The van der Waals surface area contributed by atoms with Gasteiger partial charge in [-0.05, 0) is 0 Å². The van der Waals surface area contributed by atoms with E-state index >= 15 is 0 Å². The van der Waals surface area contributed by atoms with Gasteiger partial charge in [0.05, 0.1) is 19.0 Å². The zero-order chi connectivity index (χ0) is 18.0. The molecule has 0 aromatic rings. The van der Waals surface area contributed by atoms with E-state index in [1.54, 1.807) is 0 Å². The van der Waals surface area contributed by atoms with Gasteiger partial charge in [-0.1, -0.05) is 0 Å². The van der Waals surface area contributed by atoms with E-state index in [0.29, 0.717) is 0 Å². The number of primary amides is 1. The highest BCUT2D eigenvalue weighted by molar-refractivity contribution is 7.80. The van der Waals surface area contributed by atoms with Crippen molar-refractivity contribution in [3.05, 3.63) is 0 Å². The standard InChI is InChI=1S/C11H19N5O6S/c12-5(1-7(13)17)10(21)16-6(4-23)11(22)15-2-8(18)14-3-9(19)20/h5-6,23H,1-4,12H2,(H2,13,17)(H,14,18)(H,15,22)(H,16,21)(H,19,20). The summed E-state index contributed by atoms with van der Waals surface area (Å²) >= 11 is 3.89. The minimum atomic E-state index is -1.23. The van der Waals surface area contributed by atoms with Crippen molar-refractivity contribution in [3.63, 3.8) is 0 Å². The Hall–Kier alpha value is -2.34. The van der Waals surface area contributed by atoms with Crippen molar-refractivity contribution in [2.75, 3.05) is 18.8 Å². The highest BCUT2D eigenvalue weighted by Gasteiger charge is 2.23. The Morgan fingerprint density at radius 2 is 1.65 bits per heavy atom. The summed E-state index contributed by atoms with van der Waals surface area (Å²) in [5.41, 5.74) is 10.3. The molecule has 8 N–H and O–H groups in total. The molecule has 0 radical (unpaired) electrons. The van der Waals surface area contributed by atoms with Gasteiger partial charge in [-0.3, -0.25) is 24.0 Å². The molecule has 0 aromatic carbocycles. The molecule has 4 amide bonds. The number of hydrogen-bond donors (Lipinski definition) is 7. The van der Waals surface area contributed by atoms with Gasteiger partial charge in [0.2, 0.25) is 23.6 Å². The molecule has 12 heteroatoms. The van der Waals surface area contributed by atoms with Crippen LogP contribution in [0.25, 0.3) is 0 Å². The van der Waals surface area contributed by atoms with Crippen LogP contribution >= 0.6 is 12.6 Å². The first-order valence-corrected chi connectivity index (χ1v) is 7.02. The van der Waals surface area contributed by atoms with Crippen LogP contribution in [0.15, 0.2) is 0 Å². The molecule has 130 valence electrons. The fraction of sp³-hybridized carbons (Fsp3) is 0.545. The second-order valence-corrected chi connectivity index (χ2v) is 4.77. The predicted molar refractivity (Wildman–Crippen MR) is 81.2 cm³/mol. The van der Waals surface area contributed by atoms with Crippen molar-refractivity contribution >= 4 is 42.2 Å². The Morgan fingerprint density at radius 1 is 1.04 bits per heavy atom. The quantitative estimate of drug-likeness (QED) is 0.195. The number of carboxylic acids is 1. The SMILES string of the molecule is NC(=O)CC(N)C(=O)NC(CS)C(=O)NCC(=O)NCC(=O)O. The second kappa shape index (κ2) is 10.4. The molecule has 0 spiro atoms. The van der Waals surface area contributed by atoms with Crippen molar-refractivity contribution in [1.29, 1.82) is 0 Å². The van der Waals surface area contributed by atoms with Crippen LogP contribution < -0.4 is 27.4 Å². The highest BCUT2D eigenvalue weighted by atomic mass is 32.1. The molecule has 0 rings (SSSR count). The number of hydrogen-bond acceptors (Lipinski definition) is 7. The van der Waals surface area contributed by atoms with E-state index in [0.717, 1.165) is 0 Å². The minimum absolute atomic E-state index is 0.0857. The Kier molecular flexibility index (Phi) is 9.34. The van der Waals surface area contributed by atoms with Gasteiger partial charge in [-0.15, -0.1) is 0 Å². The van der Waals surface area contributed by atoms with Crippen molar-refractivity contribution < 1.29 is 29.1 Å². The molecule has 0 bridgehead atoms. The molecule has 0 fully saturated rings. The lowest BCUT2D eigenvalue weighted by Gasteiger charge is -2.18. The average Bonchev–Trinajstić information content (AvgIpc) is 2.46.